The van der Waals surface area contributed by atoms with Gasteiger partial charge in [0.25, 0.3) is 0 Å². The molecule has 1 aliphatic carbocycles. The van der Waals surface area contributed by atoms with Crippen LogP contribution >= 0.6 is 12.4 Å². The molecular formula is C12H14ClN. The van der Waals surface area contributed by atoms with E-state index in [1.165, 1.54) is 5.56 Å². The summed E-state index contributed by atoms with van der Waals surface area (Å²) in [5.41, 5.74) is 6.92. The van der Waals surface area contributed by atoms with Crippen molar-refractivity contribution < 1.29 is 0 Å². The number of hydrogen-bond donors (Lipinski definition) is 1. The Bertz CT molecular complexity index is 333. The van der Waals surface area contributed by atoms with Crippen LogP contribution in [-0.4, -0.2) is 5.54 Å². The summed E-state index contributed by atoms with van der Waals surface area (Å²) < 4.78 is 0. The van der Waals surface area contributed by atoms with Gasteiger partial charge in [-0.2, -0.15) is 0 Å². The highest BCUT2D eigenvalue weighted by Crippen LogP contribution is 2.42. The second-order valence-corrected chi connectivity index (χ2v) is 3.82. The largest absolute Gasteiger partial charge is 0.315 e. The predicted octanol–water partition coefficient (Wildman–Crippen LogP) is 2.32. The molecular weight excluding hydrogens is 194 g/mol. The van der Waals surface area contributed by atoms with Crippen LogP contribution in [0.15, 0.2) is 30.3 Å². The summed E-state index contributed by atoms with van der Waals surface area (Å²) in [6.45, 7) is 0. The Morgan fingerprint density at radius 3 is 2.36 bits per heavy atom. The smallest absolute Gasteiger partial charge is 0.0785 e. The first-order chi connectivity index (χ1) is 6.23. The van der Waals surface area contributed by atoms with E-state index in [4.69, 9.17) is 12.2 Å². The molecule has 1 saturated carbocycles. The summed E-state index contributed by atoms with van der Waals surface area (Å²) in [6.07, 6.45) is 7.18. The first kappa shape index (κ1) is 11.1. The van der Waals surface area contributed by atoms with Crippen LogP contribution in [0.2, 0.25) is 0 Å². The quantitative estimate of drug-likeness (QED) is 0.703. The summed E-state index contributed by atoms with van der Waals surface area (Å²) in [6, 6.07) is 10.4. The van der Waals surface area contributed by atoms with Crippen molar-refractivity contribution in [3.05, 3.63) is 35.9 Å². The first-order valence-electron chi connectivity index (χ1n) is 4.55. The fourth-order valence-electron chi connectivity index (χ4n) is 1.90. The van der Waals surface area contributed by atoms with Gasteiger partial charge in [0.2, 0.25) is 0 Å². The van der Waals surface area contributed by atoms with Crippen molar-refractivity contribution in [2.75, 3.05) is 0 Å². The topological polar surface area (TPSA) is 26.0 Å². The summed E-state index contributed by atoms with van der Waals surface area (Å²) in [4.78, 5) is 0. The number of terminal acetylenes is 1. The molecule has 2 heteroatoms. The SMILES string of the molecule is C#CC1(N)CC(c2ccccc2)C1.Cl. The fourth-order valence-corrected chi connectivity index (χ4v) is 1.90. The van der Waals surface area contributed by atoms with E-state index in [-0.39, 0.29) is 17.9 Å². The van der Waals surface area contributed by atoms with Gasteiger partial charge >= 0.3 is 0 Å². The molecule has 0 saturated heterocycles. The van der Waals surface area contributed by atoms with Crippen LogP contribution < -0.4 is 5.73 Å². The summed E-state index contributed by atoms with van der Waals surface area (Å²) in [5, 5.41) is 0. The molecule has 0 aromatic heterocycles. The van der Waals surface area contributed by atoms with Crippen LogP contribution in [0, 0.1) is 12.3 Å². The average molecular weight is 208 g/mol. The molecule has 1 aromatic rings. The van der Waals surface area contributed by atoms with Gasteiger partial charge in [0.1, 0.15) is 0 Å². The van der Waals surface area contributed by atoms with Crippen LogP contribution in [-0.2, 0) is 0 Å². The molecule has 1 nitrogen and oxygen atoms in total. The van der Waals surface area contributed by atoms with E-state index in [2.05, 4.69) is 30.2 Å². The van der Waals surface area contributed by atoms with Gasteiger partial charge in [-0.05, 0) is 24.3 Å². The monoisotopic (exact) mass is 207 g/mol. The lowest BCUT2D eigenvalue weighted by Gasteiger charge is -2.41. The number of rotatable bonds is 1. The molecule has 0 spiro atoms. The summed E-state index contributed by atoms with van der Waals surface area (Å²) in [5.74, 6) is 3.23. The Balaban J connectivity index is 0.000000980. The number of hydrogen-bond acceptors (Lipinski definition) is 1. The van der Waals surface area contributed by atoms with Gasteiger partial charge in [-0.3, -0.25) is 0 Å². The molecule has 2 rings (SSSR count). The maximum absolute atomic E-state index is 5.89. The highest BCUT2D eigenvalue weighted by Gasteiger charge is 2.39. The van der Waals surface area contributed by atoms with E-state index in [1.807, 2.05) is 6.07 Å². The van der Waals surface area contributed by atoms with E-state index in [0.29, 0.717) is 5.92 Å². The molecule has 0 atom stereocenters. The Labute approximate surface area is 91.1 Å². The van der Waals surface area contributed by atoms with Gasteiger partial charge < -0.3 is 5.73 Å². The Morgan fingerprint density at radius 2 is 1.86 bits per heavy atom. The summed E-state index contributed by atoms with van der Waals surface area (Å²) >= 11 is 0. The molecule has 0 radical (unpaired) electrons. The molecule has 1 fully saturated rings. The lowest BCUT2D eigenvalue weighted by Crippen LogP contribution is -2.49. The molecule has 0 unspecified atom stereocenters. The normalized spacial score (nSPS) is 29.6. The van der Waals surface area contributed by atoms with Crippen molar-refractivity contribution in [2.24, 2.45) is 5.73 Å². The third kappa shape index (κ3) is 1.92. The lowest BCUT2D eigenvalue weighted by atomic mass is 9.67. The fraction of sp³-hybridized carbons (Fsp3) is 0.333. The Morgan fingerprint density at radius 1 is 1.29 bits per heavy atom. The molecule has 0 aliphatic heterocycles. The molecule has 0 amide bonds. The van der Waals surface area contributed by atoms with E-state index in [1.54, 1.807) is 0 Å². The number of nitrogens with two attached hydrogens (primary N) is 1. The second kappa shape index (κ2) is 4.04. The van der Waals surface area contributed by atoms with Crippen molar-refractivity contribution >= 4 is 12.4 Å². The first-order valence-corrected chi connectivity index (χ1v) is 4.55. The minimum Gasteiger partial charge on any atom is -0.315 e. The average Bonchev–Trinajstić information content (AvgIpc) is 2.14. The minimum absolute atomic E-state index is 0. The van der Waals surface area contributed by atoms with Gasteiger partial charge in [-0.1, -0.05) is 36.3 Å². The summed E-state index contributed by atoms with van der Waals surface area (Å²) in [7, 11) is 0. The van der Waals surface area contributed by atoms with Crippen molar-refractivity contribution in [3.8, 4) is 12.3 Å². The minimum atomic E-state index is -0.333. The van der Waals surface area contributed by atoms with Gasteiger partial charge in [-0.15, -0.1) is 18.8 Å². The number of halogens is 1. The third-order valence-corrected chi connectivity index (χ3v) is 2.78. The van der Waals surface area contributed by atoms with Gasteiger partial charge in [0.05, 0.1) is 5.54 Å². The van der Waals surface area contributed by atoms with E-state index in [0.717, 1.165) is 12.8 Å². The molecule has 74 valence electrons. The maximum atomic E-state index is 5.89. The molecule has 0 heterocycles. The Kier molecular flexibility index (Phi) is 3.21. The van der Waals surface area contributed by atoms with E-state index >= 15 is 0 Å². The van der Waals surface area contributed by atoms with Crippen LogP contribution in [0.25, 0.3) is 0 Å². The number of benzene rings is 1. The molecule has 0 bridgehead atoms. The zero-order valence-electron chi connectivity index (χ0n) is 7.94. The zero-order chi connectivity index (χ0) is 9.31. The molecule has 14 heavy (non-hydrogen) atoms. The molecule has 2 N–H and O–H groups in total. The van der Waals surface area contributed by atoms with Crippen LogP contribution in [0.5, 0.6) is 0 Å². The highest BCUT2D eigenvalue weighted by molar-refractivity contribution is 5.85. The highest BCUT2D eigenvalue weighted by atomic mass is 35.5. The van der Waals surface area contributed by atoms with Crippen LogP contribution in [0.4, 0.5) is 0 Å². The zero-order valence-corrected chi connectivity index (χ0v) is 8.76. The third-order valence-electron chi connectivity index (χ3n) is 2.78. The van der Waals surface area contributed by atoms with E-state index < -0.39 is 0 Å². The van der Waals surface area contributed by atoms with Crippen molar-refractivity contribution in [2.45, 2.75) is 24.3 Å². The van der Waals surface area contributed by atoms with Crippen molar-refractivity contribution in [3.63, 3.8) is 0 Å². The van der Waals surface area contributed by atoms with Crippen LogP contribution in [0.3, 0.4) is 0 Å². The van der Waals surface area contributed by atoms with Gasteiger partial charge in [-0.25, -0.2) is 0 Å². The second-order valence-electron chi connectivity index (χ2n) is 3.82. The standard InChI is InChI=1S/C12H13N.ClH/c1-2-12(13)8-11(9-12)10-6-4-3-5-7-10;/h1,3-7,11H,8-9,13H2;1H. The van der Waals surface area contributed by atoms with Gasteiger partial charge in [0.15, 0.2) is 0 Å². The predicted molar refractivity (Wildman–Crippen MR) is 61.4 cm³/mol. The van der Waals surface area contributed by atoms with Gasteiger partial charge in [0, 0.05) is 0 Å². The molecule has 1 aliphatic rings. The van der Waals surface area contributed by atoms with Crippen LogP contribution in [0.1, 0.15) is 24.3 Å². The maximum Gasteiger partial charge on any atom is 0.0785 e. The molecule has 1 aromatic carbocycles. The Hall–Kier alpha value is -0.970. The van der Waals surface area contributed by atoms with Crippen molar-refractivity contribution in [1.29, 1.82) is 0 Å². The van der Waals surface area contributed by atoms with Crippen molar-refractivity contribution in [1.82, 2.24) is 0 Å². The lowest BCUT2D eigenvalue weighted by molar-refractivity contribution is 0.277. The van der Waals surface area contributed by atoms with E-state index in [9.17, 15) is 0 Å².